The molecule has 12 nitrogen and oxygen atoms in total. The molecule has 1 aromatic heterocycles. The number of hydrogen-bond acceptors (Lipinski definition) is 6. The highest BCUT2D eigenvalue weighted by atomic mass is 35.5. The molecule has 2 saturated carbocycles. The third-order valence-electron chi connectivity index (χ3n) is 9.77. The lowest BCUT2D eigenvalue weighted by Gasteiger charge is -2.29. The van der Waals surface area contributed by atoms with E-state index in [0.29, 0.717) is 49.0 Å². The molecule has 0 unspecified atom stereocenters. The Hall–Kier alpha value is -5.10. The fourth-order valence-electron chi connectivity index (χ4n) is 6.69. The molecule has 4 amide bonds. The zero-order valence-electron chi connectivity index (χ0n) is 27.6. The van der Waals surface area contributed by atoms with Crippen LogP contribution in [0.25, 0.3) is 22.2 Å². The van der Waals surface area contributed by atoms with Gasteiger partial charge in [0.15, 0.2) is 5.58 Å². The fraction of sp³-hybridized carbons (Fsp3) is 0.378. The molecule has 6 rings (SSSR count). The number of H-pyrrole nitrogens is 1. The number of carbonyl (C=O) groups excluding carboxylic acids is 3. The zero-order valence-corrected chi connectivity index (χ0v) is 28.4. The van der Waals surface area contributed by atoms with Gasteiger partial charge in [0.05, 0.1) is 10.5 Å². The van der Waals surface area contributed by atoms with Crippen molar-refractivity contribution in [1.82, 2.24) is 20.9 Å². The lowest BCUT2D eigenvalue weighted by molar-refractivity contribution is -0.130. The second-order valence-corrected chi connectivity index (χ2v) is 13.7. The number of carboxylic acid groups (broad SMARTS) is 1. The van der Waals surface area contributed by atoms with Gasteiger partial charge in [-0.15, -0.1) is 0 Å². The summed E-state index contributed by atoms with van der Waals surface area (Å²) in [5, 5.41) is 20.4. The highest BCUT2D eigenvalue weighted by Crippen LogP contribution is 2.30. The van der Waals surface area contributed by atoms with E-state index in [0.717, 1.165) is 41.5 Å². The number of halogens is 1. The van der Waals surface area contributed by atoms with Crippen molar-refractivity contribution in [3.63, 3.8) is 0 Å². The van der Waals surface area contributed by atoms with Crippen LogP contribution in [-0.4, -0.2) is 52.5 Å². The molecular formula is C37H40ClN5O7. The number of oxazole rings is 1. The average molecular weight is 702 g/mol. The molecule has 2 aliphatic carbocycles. The summed E-state index contributed by atoms with van der Waals surface area (Å²) in [6, 6.07) is 15.7. The van der Waals surface area contributed by atoms with Gasteiger partial charge in [-0.05, 0) is 104 Å². The maximum absolute atomic E-state index is 13.7. The van der Waals surface area contributed by atoms with Gasteiger partial charge in [0.1, 0.15) is 6.04 Å². The van der Waals surface area contributed by atoms with Gasteiger partial charge < -0.3 is 30.8 Å². The Kier molecular flexibility index (Phi) is 10.6. The Morgan fingerprint density at radius 1 is 0.980 bits per heavy atom. The van der Waals surface area contributed by atoms with Gasteiger partial charge in [-0.3, -0.25) is 19.4 Å². The Morgan fingerprint density at radius 3 is 2.38 bits per heavy atom. The maximum Gasteiger partial charge on any atom is 0.417 e. The van der Waals surface area contributed by atoms with Crippen LogP contribution in [0, 0.1) is 18.8 Å². The Labute approximate surface area is 293 Å². The normalized spacial score (nSPS) is 18.1. The van der Waals surface area contributed by atoms with Crippen molar-refractivity contribution in [1.29, 1.82) is 0 Å². The van der Waals surface area contributed by atoms with E-state index in [1.54, 1.807) is 0 Å². The summed E-state index contributed by atoms with van der Waals surface area (Å²) in [5.74, 6) is -1.59. The van der Waals surface area contributed by atoms with Crippen LogP contribution >= 0.6 is 11.6 Å². The van der Waals surface area contributed by atoms with E-state index >= 15 is 0 Å². The van der Waals surface area contributed by atoms with Crippen molar-refractivity contribution in [2.75, 3.05) is 11.9 Å². The molecule has 0 radical (unpaired) electrons. The molecule has 0 saturated heterocycles. The molecule has 1 atom stereocenters. The minimum atomic E-state index is -1.07. The molecule has 4 aromatic rings. The molecule has 2 fully saturated rings. The van der Waals surface area contributed by atoms with E-state index < -0.39 is 23.8 Å². The zero-order chi connectivity index (χ0) is 35.4. The maximum atomic E-state index is 13.7. The van der Waals surface area contributed by atoms with Crippen LogP contribution in [0.1, 0.15) is 66.4 Å². The van der Waals surface area contributed by atoms with Crippen LogP contribution in [0.2, 0.25) is 5.02 Å². The number of anilines is 1. The minimum Gasteiger partial charge on any atom is -0.465 e. The summed E-state index contributed by atoms with van der Waals surface area (Å²) in [5.41, 5.74) is 5.17. The quantitative estimate of drug-likeness (QED) is 0.115. The summed E-state index contributed by atoms with van der Waals surface area (Å²) >= 11 is 6.30. The number of fused-ring (bicyclic) bond motifs is 1. The van der Waals surface area contributed by atoms with Gasteiger partial charge in [0.25, 0.3) is 5.91 Å². The number of aromatic amines is 1. The van der Waals surface area contributed by atoms with Gasteiger partial charge in [0, 0.05) is 36.2 Å². The lowest BCUT2D eigenvalue weighted by atomic mass is 9.81. The topological polar surface area (TPSA) is 183 Å². The minimum absolute atomic E-state index is 0.0606. The lowest BCUT2D eigenvalue weighted by Crippen LogP contribution is -2.48. The van der Waals surface area contributed by atoms with Crippen molar-refractivity contribution < 1.29 is 28.7 Å². The highest BCUT2D eigenvalue weighted by molar-refractivity contribution is 6.35. The second-order valence-electron chi connectivity index (χ2n) is 13.3. The smallest absolute Gasteiger partial charge is 0.417 e. The largest absolute Gasteiger partial charge is 0.465 e. The number of hydrogen-bond donors (Lipinski definition) is 6. The SMILES string of the molecule is Cc1cc(C(=O)NC2CCC2)ccc1-c1ccc(C[C@H](NC(=O)[C@H]2CC[C@H](CNC(=O)O)CC2)C(=O)Nc2cc(Cl)c3oc(=O)[nH]c3c2)cc1. The van der Waals surface area contributed by atoms with Crippen LogP contribution in [-0.2, 0) is 16.0 Å². The van der Waals surface area contributed by atoms with Crippen LogP contribution in [0.5, 0.6) is 0 Å². The summed E-state index contributed by atoms with van der Waals surface area (Å²) < 4.78 is 5.06. The molecule has 0 bridgehead atoms. The summed E-state index contributed by atoms with van der Waals surface area (Å²) in [4.78, 5) is 65.0. The average Bonchev–Trinajstić information content (AvgIpc) is 3.46. The van der Waals surface area contributed by atoms with Crippen molar-refractivity contribution in [3.05, 3.63) is 86.9 Å². The van der Waals surface area contributed by atoms with E-state index in [2.05, 4.69) is 26.3 Å². The van der Waals surface area contributed by atoms with Crippen LogP contribution < -0.4 is 27.0 Å². The second kappa shape index (κ2) is 15.2. The van der Waals surface area contributed by atoms with Gasteiger partial charge in [-0.2, -0.15) is 0 Å². The number of rotatable bonds is 11. The van der Waals surface area contributed by atoms with Crippen molar-refractivity contribution in [2.24, 2.45) is 11.8 Å². The molecule has 3 aromatic carbocycles. The molecule has 6 N–H and O–H groups in total. The van der Waals surface area contributed by atoms with Gasteiger partial charge >= 0.3 is 11.8 Å². The Balaban J connectivity index is 1.16. The number of aromatic nitrogens is 1. The van der Waals surface area contributed by atoms with Crippen LogP contribution in [0.3, 0.4) is 0 Å². The molecule has 50 heavy (non-hydrogen) atoms. The number of nitrogens with one attached hydrogen (secondary N) is 5. The van der Waals surface area contributed by atoms with Crippen LogP contribution in [0.4, 0.5) is 10.5 Å². The first-order valence-electron chi connectivity index (χ1n) is 16.9. The molecule has 262 valence electrons. The van der Waals surface area contributed by atoms with Crippen molar-refractivity contribution in [2.45, 2.75) is 70.4 Å². The number of carbonyl (C=O) groups is 4. The summed E-state index contributed by atoms with van der Waals surface area (Å²) in [6.07, 6.45) is 4.89. The highest BCUT2D eigenvalue weighted by Gasteiger charge is 2.30. The van der Waals surface area contributed by atoms with E-state index in [9.17, 15) is 24.0 Å². The Bertz CT molecular complexity index is 1960. The summed E-state index contributed by atoms with van der Waals surface area (Å²) in [7, 11) is 0. The predicted octanol–water partition coefficient (Wildman–Crippen LogP) is 5.77. The fourth-order valence-corrected chi connectivity index (χ4v) is 6.94. The first kappa shape index (κ1) is 34.8. The van der Waals surface area contributed by atoms with E-state index in [1.807, 2.05) is 49.4 Å². The van der Waals surface area contributed by atoms with Crippen LogP contribution in [0.15, 0.2) is 63.8 Å². The molecule has 0 spiro atoms. The number of benzene rings is 3. The van der Waals surface area contributed by atoms with Gasteiger partial charge in [0.2, 0.25) is 11.8 Å². The third kappa shape index (κ3) is 8.36. The Morgan fingerprint density at radius 2 is 1.72 bits per heavy atom. The van der Waals surface area contributed by atoms with Gasteiger partial charge in [-0.1, -0.05) is 41.9 Å². The molecule has 1 heterocycles. The number of aryl methyl sites for hydroxylation is 1. The molecule has 0 aliphatic heterocycles. The van der Waals surface area contributed by atoms with E-state index in [4.69, 9.17) is 21.1 Å². The molecule has 2 aliphatic rings. The summed E-state index contributed by atoms with van der Waals surface area (Å²) in [6.45, 7) is 2.32. The monoisotopic (exact) mass is 701 g/mol. The van der Waals surface area contributed by atoms with E-state index in [1.165, 1.54) is 12.1 Å². The van der Waals surface area contributed by atoms with Crippen molar-refractivity contribution in [3.8, 4) is 11.1 Å². The standard InChI is InChI=1S/C37H40ClN5O7/c1-20-15-25(34(45)40-26-3-2-4-26)13-14-28(20)23-9-5-21(6-10-23)16-31(42-33(44)24-11-7-22(8-12-24)19-39-36(47)48)35(46)41-27-17-29(38)32-30(18-27)43-37(49)50-32/h5-6,9-10,13-15,17-18,22,24,26,31,39H,2-4,7-8,11-12,16,19H2,1H3,(H,40,45)(H,41,46)(H,42,44)(H,43,49)(H,47,48)/t22-,24-,31-/m0/s1. The van der Waals surface area contributed by atoms with Crippen molar-refractivity contribution >= 4 is 52.2 Å². The number of amides is 4. The van der Waals surface area contributed by atoms with E-state index in [-0.39, 0.29) is 46.7 Å². The first-order valence-corrected chi connectivity index (χ1v) is 17.3. The molecular weight excluding hydrogens is 662 g/mol. The third-order valence-corrected chi connectivity index (χ3v) is 10.0. The first-order chi connectivity index (χ1) is 24.0. The molecule has 13 heteroatoms. The predicted molar refractivity (Wildman–Crippen MR) is 189 cm³/mol. The van der Waals surface area contributed by atoms with Gasteiger partial charge in [-0.25, -0.2) is 9.59 Å².